The van der Waals surface area contributed by atoms with E-state index < -0.39 is 42.0 Å². The number of thioether (sulfide) groups is 1. The second kappa shape index (κ2) is 13.3. The second-order valence-corrected chi connectivity index (χ2v) is 9.62. The van der Waals surface area contributed by atoms with Crippen LogP contribution in [0.15, 0.2) is 12.5 Å². The van der Waals surface area contributed by atoms with Gasteiger partial charge in [0.2, 0.25) is 17.7 Å². The van der Waals surface area contributed by atoms with Crippen molar-refractivity contribution in [2.24, 2.45) is 11.7 Å². The number of carbonyl (C=O) groups excluding carboxylic acids is 3. The molecule has 2 rings (SSSR count). The number of carboxylic acids is 1. The lowest BCUT2D eigenvalue weighted by Gasteiger charge is -2.29. The maximum Gasteiger partial charge on any atom is 0.326 e. The number of aliphatic carboxylic acids is 1. The maximum absolute atomic E-state index is 13.1. The standard InChI is InChI=1S/C22H36N6O5S/c1-4-13(2)18(22(32)33)27-19(29)16(7-9-34-3)26-20(30)17-6-5-8-28(17)21(31)15(23)10-14-11-24-12-25-14/h11-13,15-18H,4-10,23H2,1-3H3,(H,24,25)(H,26,30)(H,27,29)(H,32,33). The smallest absolute Gasteiger partial charge is 0.326 e. The molecule has 1 aliphatic rings. The van der Waals surface area contributed by atoms with Crippen molar-refractivity contribution in [3.8, 4) is 0 Å². The summed E-state index contributed by atoms with van der Waals surface area (Å²) in [5.74, 6) is -2.09. The summed E-state index contributed by atoms with van der Waals surface area (Å²) in [6.45, 7) is 4.01. The van der Waals surface area contributed by atoms with E-state index in [2.05, 4.69) is 20.6 Å². The number of nitrogens with two attached hydrogens (primary N) is 1. The minimum absolute atomic E-state index is 0.266. The summed E-state index contributed by atoms with van der Waals surface area (Å²) < 4.78 is 0. The van der Waals surface area contributed by atoms with E-state index in [1.54, 1.807) is 13.1 Å². The van der Waals surface area contributed by atoms with Gasteiger partial charge in [0.1, 0.15) is 18.1 Å². The molecule has 34 heavy (non-hydrogen) atoms. The Morgan fingerprint density at radius 3 is 2.68 bits per heavy atom. The molecule has 11 nitrogen and oxygen atoms in total. The first-order chi connectivity index (χ1) is 16.2. The average Bonchev–Trinajstić information content (AvgIpc) is 3.50. The van der Waals surface area contributed by atoms with Gasteiger partial charge in [0.15, 0.2) is 0 Å². The first-order valence-corrected chi connectivity index (χ1v) is 12.9. The van der Waals surface area contributed by atoms with Crippen molar-refractivity contribution in [2.45, 2.75) is 70.1 Å². The molecule has 5 unspecified atom stereocenters. The summed E-state index contributed by atoms with van der Waals surface area (Å²) in [7, 11) is 0. The van der Waals surface area contributed by atoms with Crippen molar-refractivity contribution < 1.29 is 24.3 Å². The zero-order valence-electron chi connectivity index (χ0n) is 20.0. The minimum atomic E-state index is -1.11. The lowest BCUT2D eigenvalue weighted by atomic mass is 9.98. The van der Waals surface area contributed by atoms with E-state index >= 15 is 0 Å². The summed E-state index contributed by atoms with van der Waals surface area (Å²) in [6.07, 6.45) is 7.30. The topological polar surface area (TPSA) is 171 Å². The number of aromatic amines is 1. The third-order valence-electron chi connectivity index (χ3n) is 6.17. The molecule has 12 heteroatoms. The molecule has 3 amide bonds. The normalized spacial score (nSPS) is 19.2. The Hall–Kier alpha value is -2.60. The van der Waals surface area contributed by atoms with Crippen LogP contribution in [0.3, 0.4) is 0 Å². The van der Waals surface area contributed by atoms with Gasteiger partial charge >= 0.3 is 5.97 Å². The van der Waals surface area contributed by atoms with E-state index in [-0.39, 0.29) is 18.2 Å². The van der Waals surface area contributed by atoms with Crippen LogP contribution in [0.4, 0.5) is 0 Å². The third-order valence-corrected chi connectivity index (χ3v) is 6.81. The van der Waals surface area contributed by atoms with Crippen molar-refractivity contribution in [1.29, 1.82) is 0 Å². The third kappa shape index (κ3) is 7.45. The number of nitrogens with one attached hydrogen (secondary N) is 3. The lowest BCUT2D eigenvalue weighted by molar-refractivity contribution is -0.144. The van der Waals surface area contributed by atoms with Crippen LogP contribution in [0.1, 0.15) is 45.2 Å². The number of carbonyl (C=O) groups is 4. The van der Waals surface area contributed by atoms with Crippen LogP contribution in [0.25, 0.3) is 0 Å². The van der Waals surface area contributed by atoms with Gasteiger partial charge in [-0.05, 0) is 37.2 Å². The molecule has 190 valence electrons. The Kier molecular flexibility index (Phi) is 10.8. The number of imidazole rings is 1. The SMILES string of the molecule is CCC(C)C(NC(=O)C(CCSC)NC(=O)C1CCCN1C(=O)C(N)Cc1cnc[nH]1)C(=O)O. The fourth-order valence-corrected chi connectivity index (χ4v) is 4.42. The number of nitrogens with zero attached hydrogens (tertiary/aromatic N) is 2. The molecule has 0 bridgehead atoms. The van der Waals surface area contributed by atoms with Crippen LogP contribution >= 0.6 is 11.8 Å². The number of aromatic nitrogens is 2. The van der Waals surface area contributed by atoms with Crippen molar-refractivity contribution >= 4 is 35.5 Å². The van der Waals surface area contributed by atoms with Crippen molar-refractivity contribution in [3.05, 3.63) is 18.2 Å². The van der Waals surface area contributed by atoms with E-state index in [0.717, 1.165) is 5.69 Å². The molecular formula is C22H36N6O5S. The number of H-pyrrole nitrogens is 1. The van der Waals surface area contributed by atoms with Gasteiger partial charge < -0.3 is 31.4 Å². The van der Waals surface area contributed by atoms with Crippen molar-refractivity contribution in [2.75, 3.05) is 18.6 Å². The zero-order valence-corrected chi connectivity index (χ0v) is 20.8. The minimum Gasteiger partial charge on any atom is -0.480 e. The fourth-order valence-electron chi connectivity index (χ4n) is 3.95. The number of carboxylic acid groups (broad SMARTS) is 1. The van der Waals surface area contributed by atoms with E-state index in [1.165, 1.54) is 23.0 Å². The number of rotatable bonds is 13. The molecule has 1 aromatic rings. The maximum atomic E-state index is 13.1. The second-order valence-electron chi connectivity index (χ2n) is 8.63. The van der Waals surface area contributed by atoms with E-state index in [0.29, 0.717) is 38.0 Å². The van der Waals surface area contributed by atoms with Crippen LogP contribution in [-0.2, 0) is 25.6 Å². The molecule has 6 N–H and O–H groups in total. The molecule has 0 spiro atoms. The Balaban J connectivity index is 2.07. The van der Waals surface area contributed by atoms with Gasteiger partial charge in [-0.15, -0.1) is 0 Å². The fraction of sp³-hybridized carbons (Fsp3) is 0.682. The molecule has 1 saturated heterocycles. The molecule has 1 aromatic heterocycles. The Labute approximate surface area is 204 Å². The Bertz CT molecular complexity index is 836. The lowest BCUT2D eigenvalue weighted by Crippen LogP contribution is -2.57. The summed E-state index contributed by atoms with van der Waals surface area (Å²) in [5.41, 5.74) is 6.82. The number of likely N-dealkylation sites (tertiary alicyclic amines) is 1. The molecule has 2 heterocycles. The van der Waals surface area contributed by atoms with Crippen molar-refractivity contribution in [3.63, 3.8) is 0 Å². The van der Waals surface area contributed by atoms with Crippen LogP contribution in [-0.4, -0.2) is 86.4 Å². The van der Waals surface area contributed by atoms with E-state index in [9.17, 15) is 24.3 Å². The molecular weight excluding hydrogens is 460 g/mol. The predicted molar refractivity (Wildman–Crippen MR) is 129 cm³/mol. The van der Waals surface area contributed by atoms with Crippen LogP contribution in [0.5, 0.6) is 0 Å². The molecule has 0 saturated carbocycles. The first kappa shape index (κ1) is 27.6. The molecule has 5 atom stereocenters. The van der Waals surface area contributed by atoms with E-state index in [4.69, 9.17) is 5.73 Å². The van der Waals surface area contributed by atoms with Gasteiger partial charge in [-0.2, -0.15) is 11.8 Å². The van der Waals surface area contributed by atoms with Crippen LogP contribution in [0.2, 0.25) is 0 Å². The van der Waals surface area contributed by atoms with Gasteiger partial charge in [0.25, 0.3) is 0 Å². The zero-order chi connectivity index (χ0) is 25.3. The van der Waals surface area contributed by atoms with Crippen molar-refractivity contribution in [1.82, 2.24) is 25.5 Å². The first-order valence-electron chi connectivity index (χ1n) is 11.5. The summed E-state index contributed by atoms with van der Waals surface area (Å²) >= 11 is 1.52. The Morgan fingerprint density at radius 1 is 1.35 bits per heavy atom. The quantitative estimate of drug-likeness (QED) is 0.256. The van der Waals surface area contributed by atoms with Gasteiger partial charge in [-0.25, -0.2) is 9.78 Å². The highest BCUT2D eigenvalue weighted by Crippen LogP contribution is 2.20. The van der Waals surface area contributed by atoms with Gasteiger partial charge in [0, 0.05) is 24.9 Å². The van der Waals surface area contributed by atoms with Crippen LogP contribution < -0.4 is 16.4 Å². The van der Waals surface area contributed by atoms with Gasteiger partial charge in [-0.3, -0.25) is 14.4 Å². The number of hydrogen-bond donors (Lipinski definition) is 5. The average molecular weight is 497 g/mol. The largest absolute Gasteiger partial charge is 0.480 e. The number of amides is 3. The highest BCUT2D eigenvalue weighted by Gasteiger charge is 2.38. The molecule has 1 fully saturated rings. The highest BCUT2D eigenvalue weighted by atomic mass is 32.2. The summed E-state index contributed by atoms with van der Waals surface area (Å²) in [5, 5.41) is 14.8. The highest BCUT2D eigenvalue weighted by molar-refractivity contribution is 7.98. The summed E-state index contributed by atoms with van der Waals surface area (Å²) in [4.78, 5) is 58.9. The van der Waals surface area contributed by atoms with E-state index in [1.807, 2.05) is 13.2 Å². The monoisotopic (exact) mass is 496 g/mol. The van der Waals surface area contributed by atoms with Crippen LogP contribution in [0, 0.1) is 5.92 Å². The summed E-state index contributed by atoms with van der Waals surface area (Å²) in [6, 6.07) is -3.50. The molecule has 0 aromatic carbocycles. The van der Waals surface area contributed by atoms with Gasteiger partial charge in [0.05, 0.1) is 12.4 Å². The van der Waals surface area contributed by atoms with Gasteiger partial charge in [-0.1, -0.05) is 20.3 Å². The number of hydrogen-bond acceptors (Lipinski definition) is 7. The molecule has 0 aliphatic carbocycles. The predicted octanol–water partition coefficient (Wildman–Crippen LogP) is 0.124. The molecule has 0 radical (unpaired) electrons. The molecule has 1 aliphatic heterocycles. The Morgan fingerprint density at radius 2 is 2.09 bits per heavy atom.